The van der Waals surface area contributed by atoms with Crippen molar-refractivity contribution in [3.8, 4) is 11.5 Å². The zero-order valence-electron chi connectivity index (χ0n) is 9.88. The molecule has 1 saturated heterocycles. The highest BCUT2D eigenvalue weighted by Crippen LogP contribution is 2.44. The molecule has 0 aromatic heterocycles. The Morgan fingerprint density at radius 1 is 1.35 bits per heavy atom. The molecule has 1 aromatic carbocycles. The van der Waals surface area contributed by atoms with Crippen LogP contribution in [0.15, 0.2) is 6.07 Å². The van der Waals surface area contributed by atoms with Crippen molar-refractivity contribution in [3.05, 3.63) is 22.2 Å². The van der Waals surface area contributed by atoms with E-state index in [-0.39, 0.29) is 0 Å². The summed E-state index contributed by atoms with van der Waals surface area (Å²) in [5.74, 6) is 1.63. The molecule has 0 aliphatic carbocycles. The van der Waals surface area contributed by atoms with Gasteiger partial charge in [-0.2, -0.15) is 0 Å². The van der Waals surface area contributed by atoms with Crippen LogP contribution in [0.5, 0.6) is 11.5 Å². The lowest BCUT2D eigenvalue weighted by atomic mass is 9.93. The maximum atomic E-state index is 6.37. The van der Waals surface area contributed by atoms with Crippen LogP contribution in [0, 0.1) is 6.92 Å². The molecule has 0 spiro atoms. The first kappa shape index (κ1) is 11.2. The summed E-state index contributed by atoms with van der Waals surface area (Å²) in [5, 5.41) is 4.31. The van der Waals surface area contributed by atoms with Crippen molar-refractivity contribution in [1.82, 2.24) is 5.32 Å². The average Bonchev–Trinajstić information content (AvgIpc) is 2.78. The molecule has 1 aromatic rings. The number of ether oxygens (including phenoxy) is 2. The molecule has 1 fully saturated rings. The summed E-state index contributed by atoms with van der Waals surface area (Å²) >= 11 is 6.37. The van der Waals surface area contributed by atoms with E-state index >= 15 is 0 Å². The van der Waals surface area contributed by atoms with Crippen molar-refractivity contribution in [1.29, 1.82) is 0 Å². The molecule has 0 radical (unpaired) electrons. The van der Waals surface area contributed by atoms with Crippen LogP contribution in [0.4, 0.5) is 0 Å². The second kappa shape index (κ2) is 4.39. The van der Waals surface area contributed by atoms with E-state index in [4.69, 9.17) is 21.1 Å². The molecule has 3 nitrogen and oxygen atoms in total. The van der Waals surface area contributed by atoms with Gasteiger partial charge in [0.1, 0.15) is 0 Å². The number of rotatable bonds is 1. The van der Waals surface area contributed by atoms with Crippen LogP contribution in [-0.4, -0.2) is 13.3 Å². The highest BCUT2D eigenvalue weighted by Gasteiger charge is 2.26. The van der Waals surface area contributed by atoms with Crippen molar-refractivity contribution < 1.29 is 9.47 Å². The molecule has 92 valence electrons. The summed E-state index contributed by atoms with van der Waals surface area (Å²) in [6, 6.07) is 2.23. The largest absolute Gasteiger partial charge is 0.454 e. The minimum absolute atomic E-state index is 0.300. The van der Waals surface area contributed by atoms with Crippen LogP contribution in [0.1, 0.15) is 36.4 Å². The monoisotopic (exact) mass is 253 g/mol. The van der Waals surface area contributed by atoms with Gasteiger partial charge in [0.2, 0.25) is 6.79 Å². The second-order valence-electron chi connectivity index (χ2n) is 4.63. The Hall–Kier alpha value is -0.930. The third kappa shape index (κ3) is 1.87. The Kier molecular flexibility index (Phi) is 2.89. The van der Waals surface area contributed by atoms with E-state index < -0.39 is 0 Å². The summed E-state index contributed by atoms with van der Waals surface area (Å²) in [6.07, 6.45) is 3.64. The smallest absolute Gasteiger partial charge is 0.231 e. The number of hydrogen-bond donors (Lipinski definition) is 1. The minimum Gasteiger partial charge on any atom is -0.454 e. The minimum atomic E-state index is 0.300. The molecule has 1 N–H and O–H groups in total. The summed E-state index contributed by atoms with van der Waals surface area (Å²) in [6.45, 7) is 3.42. The van der Waals surface area contributed by atoms with Gasteiger partial charge in [0.05, 0.1) is 0 Å². The molecule has 1 unspecified atom stereocenters. The molecular weight excluding hydrogens is 238 g/mol. The molecule has 0 amide bonds. The number of halogens is 1. The van der Waals surface area contributed by atoms with Crippen LogP contribution < -0.4 is 14.8 Å². The summed E-state index contributed by atoms with van der Waals surface area (Å²) in [4.78, 5) is 0. The van der Waals surface area contributed by atoms with Crippen molar-refractivity contribution in [3.63, 3.8) is 0 Å². The van der Waals surface area contributed by atoms with Gasteiger partial charge in [0.25, 0.3) is 0 Å². The van der Waals surface area contributed by atoms with E-state index in [2.05, 4.69) is 12.2 Å². The van der Waals surface area contributed by atoms with Crippen molar-refractivity contribution in [2.45, 2.75) is 32.2 Å². The number of nitrogens with one attached hydrogen (secondary N) is 1. The fraction of sp³-hybridized carbons (Fsp3) is 0.538. The maximum absolute atomic E-state index is 6.37. The highest BCUT2D eigenvalue weighted by molar-refractivity contribution is 6.31. The fourth-order valence-electron chi connectivity index (χ4n) is 2.71. The lowest BCUT2D eigenvalue weighted by Gasteiger charge is -2.26. The number of fused-ring (bicyclic) bond motifs is 1. The molecule has 17 heavy (non-hydrogen) atoms. The van der Waals surface area contributed by atoms with Gasteiger partial charge in [-0.1, -0.05) is 18.0 Å². The van der Waals surface area contributed by atoms with Gasteiger partial charge in [0.15, 0.2) is 11.5 Å². The molecule has 1 atom stereocenters. The topological polar surface area (TPSA) is 30.5 Å². The normalized spacial score (nSPS) is 22.8. The summed E-state index contributed by atoms with van der Waals surface area (Å²) in [7, 11) is 0. The standard InChI is InChI=1S/C13H16ClNO2/c1-8-12(10-4-2-3-5-15-10)9(14)6-11-13(8)17-7-16-11/h6,10,15H,2-5,7H2,1H3. The third-order valence-corrected chi connectivity index (χ3v) is 3.87. The maximum Gasteiger partial charge on any atom is 0.231 e. The lowest BCUT2D eigenvalue weighted by molar-refractivity contribution is 0.173. The van der Waals surface area contributed by atoms with E-state index in [9.17, 15) is 0 Å². The molecule has 2 aliphatic heterocycles. The first-order chi connectivity index (χ1) is 8.27. The Morgan fingerprint density at radius 3 is 3.00 bits per heavy atom. The molecule has 3 rings (SSSR count). The Bertz CT molecular complexity index is 442. The van der Waals surface area contributed by atoms with Gasteiger partial charge in [-0.15, -0.1) is 0 Å². The van der Waals surface area contributed by atoms with Crippen LogP contribution in [0.25, 0.3) is 0 Å². The predicted octanol–water partition coefficient (Wildman–Crippen LogP) is 3.19. The first-order valence-electron chi connectivity index (χ1n) is 6.09. The van der Waals surface area contributed by atoms with Gasteiger partial charge in [0, 0.05) is 22.7 Å². The number of benzene rings is 1. The molecule has 0 bridgehead atoms. The second-order valence-corrected chi connectivity index (χ2v) is 5.04. The molecule has 0 saturated carbocycles. The molecular formula is C13H16ClNO2. The van der Waals surface area contributed by atoms with Gasteiger partial charge < -0.3 is 14.8 Å². The van der Waals surface area contributed by atoms with Crippen LogP contribution in [-0.2, 0) is 0 Å². The van der Waals surface area contributed by atoms with Gasteiger partial charge in [-0.05, 0) is 31.9 Å². The van der Waals surface area contributed by atoms with Crippen molar-refractivity contribution >= 4 is 11.6 Å². The van der Waals surface area contributed by atoms with Crippen molar-refractivity contribution in [2.75, 3.05) is 13.3 Å². The highest BCUT2D eigenvalue weighted by atomic mass is 35.5. The van der Waals surface area contributed by atoms with Crippen LogP contribution >= 0.6 is 11.6 Å². The summed E-state index contributed by atoms with van der Waals surface area (Å²) < 4.78 is 10.9. The van der Waals surface area contributed by atoms with E-state index in [0.29, 0.717) is 12.8 Å². The Labute approximate surface area is 106 Å². The van der Waals surface area contributed by atoms with Gasteiger partial charge in [-0.3, -0.25) is 0 Å². The fourth-order valence-corrected chi connectivity index (χ4v) is 3.08. The quantitative estimate of drug-likeness (QED) is 0.834. The SMILES string of the molecule is Cc1c2c(cc(Cl)c1C1CCCCN1)OCO2. The summed E-state index contributed by atoms with van der Waals surface area (Å²) in [5.41, 5.74) is 2.29. The van der Waals surface area contributed by atoms with Crippen LogP contribution in [0.2, 0.25) is 5.02 Å². The zero-order chi connectivity index (χ0) is 11.8. The lowest BCUT2D eigenvalue weighted by Crippen LogP contribution is -2.27. The Balaban J connectivity index is 2.03. The van der Waals surface area contributed by atoms with E-state index in [1.807, 2.05) is 6.07 Å². The van der Waals surface area contributed by atoms with E-state index in [1.165, 1.54) is 18.4 Å². The Morgan fingerprint density at radius 2 is 2.24 bits per heavy atom. The number of hydrogen-bond acceptors (Lipinski definition) is 3. The van der Waals surface area contributed by atoms with Crippen molar-refractivity contribution in [2.24, 2.45) is 0 Å². The molecule has 2 aliphatic rings. The van der Waals surface area contributed by atoms with Gasteiger partial charge in [-0.25, -0.2) is 0 Å². The third-order valence-electron chi connectivity index (χ3n) is 3.56. The van der Waals surface area contributed by atoms with E-state index in [0.717, 1.165) is 35.1 Å². The first-order valence-corrected chi connectivity index (χ1v) is 6.47. The average molecular weight is 254 g/mol. The molecule has 4 heteroatoms. The van der Waals surface area contributed by atoms with Crippen LogP contribution in [0.3, 0.4) is 0 Å². The van der Waals surface area contributed by atoms with Gasteiger partial charge >= 0.3 is 0 Å². The molecule has 2 heterocycles. The zero-order valence-corrected chi connectivity index (χ0v) is 10.6. The number of piperidine rings is 1. The predicted molar refractivity (Wildman–Crippen MR) is 66.9 cm³/mol. The van der Waals surface area contributed by atoms with E-state index in [1.54, 1.807) is 0 Å².